The van der Waals surface area contributed by atoms with E-state index in [2.05, 4.69) is 0 Å². The number of piperidine rings is 1. The second kappa shape index (κ2) is 7.84. The zero-order valence-corrected chi connectivity index (χ0v) is 15.3. The zero-order chi connectivity index (χ0) is 19.5. The van der Waals surface area contributed by atoms with Crippen molar-refractivity contribution < 1.29 is 23.5 Å². The third kappa shape index (κ3) is 3.91. The van der Waals surface area contributed by atoms with Crippen LogP contribution in [0.5, 0.6) is 11.5 Å². The molecule has 4 rings (SSSR count). The summed E-state index contributed by atoms with van der Waals surface area (Å²) in [5.74, 6) is 0.451. The molecule has 0 aliphatic carbocycles. The molecule has 1 saturated heterocycles. The van der Waals surface area contributed by atoms with Crippen LogP contribution < -0.4 is 9.47 Å². The highest BCUT2D eigenvalue weighted by molar-refractivity contribution is 5.99. The van der Waals surface area contributed by atoms with Crippen molar-refractivity contribution in [2.75, 3.05) is 19.9 Å². The second-order valence-electron chi connectivity index (χ2n) is 6.94. The fraction of sp³-hybridized carbons (Fsp3) is 0.273. The molecule has 2 heterocycles. The van der Waals surface area contributed by atoms with Crippen LogP contribution in [0.3, 0.4) is 0 Å². The maximum Gasteiger partial charge on any atom is 0.246 e. The number of fused-ring (bicyclic) bond motifs is 1. The van der Waals surface area contributed by atoms with E-state index in [4.69, 9.17) is 9.47 Å². The molecule has 0 aromatic heterocycles. The van der Waals surface area contributed by atoms with E-state index in [0.717, 1.165) is 12.8 Å². The van der Waals surface area contributed by atoms with Gasteiger partial charge in [-0.25, -0.2) is 4.39 Å². The molecule has 1 atom stereocenters. The molecule has 0 bridgehead atoms. The molecular formula is C22H20FNO4. The van der Waals surface area contributed by atoms with Crippen molar-refractivity contribution in [2.24, 2.45) is 5.92 Å². The molecule has 2 aliphatic heterocycles. The van der Waals surface area contributed by atoms with Crippen LogP contribution in [0.1, 0.15) is 28.8 Å². The molecule has 2 aromatic rings. The minimum atomic E-state index is -0.345. The number of halogens is 1. The average molecular weight is 381 g/mol. The Morgan fingerprint density at radius 1 is 1.11 bits per heavy atom. The Balaban J connectivity index is 1.42. The van der Waals surface area contributed by atoms with Crippen molar-refractivity contribution in [3.63, 3.8) is 0 Å². The molecule has 2 aliphatic rings. The molecule has 5 nitrogen and oxygen atoms in total. The molecule has 0 spiro atoms. The molecule has 0 N–H and O–H groups in total. The zero-order valence-electron chi connectivity index (χ0n) is 15.3. The molecular weight excluding hydrogens is 361 g/mol. The highest BCUT2D eigenvalue weighted by Gasteiger charge is 2.29. The van der Waals surface area contributed by atoms with E-state index in [1.54, 1.807) is 41.3 Å². The quantitative estimate of drug-likeness (QED) is 0.599. The number of likely N-dealkylation sites (tertiary alicyclic amines) is 1. The highest BCUT2D eigenvalue weighted by atomic mass is 19.1. The van der Waals surface area contributed by atoms with Crippen molar-refractivity contribution in [3.05, 3.63) is 65.5 Å². The van der Waals surface area contributed by atoms with E-state index >= 15 is 0 Å². The van der Waals surface area contributed by atoms with E-state index in [1.165, 1.54) is 18.2 Å². The summed E-state index contributed by atoms with van der Waals surface area (Å²) in [6.45, 7) is 1.15. The number of carbonyl (C=O) groups excluding carboxylic acids is 2. The summed E-state index contributed by atoms with van der Waals surface area (Å²) in [5, 5.41) is 0. The maximum atomic E-state index is 13.2. The topological polar surface area (TPSA) is 55.8 Å². The minimum absolute atomic E-state index is 0.00455. The predicted octanol–water partition coefficient (Wildman–Crippen LogP) is 3.69. The lowest BCUT2D eigenvalue weighted by Crippen LogP contribution is -2.41. The van der Waals surface area contributed by atoms with Crippen LogP contribution in [-0.4, -0.2) is 36.5 Å². The summed E-state index contributed by atoms with van der Waals surface area (Å²) in [5.41, 5.74) is 1.19. The maximum absolute atomic E-state index is 13.2. The number of benzene rings is 2. The van der Waals surface area contributed by atoms with E-state index < -0.39 is 0 Å². The number of ether oxygens (including phenoxy) is 2. The lowest BCUT2D eigenvalue weighted by Gasteiger charge is -2.31. The smallest absolute Gasteiger partial charge is 0.246 e. The SMILES string of the molecule is O=C(c1ccc2c(c1)OCO2)[C@@H]1CCCN(C(=O)/C=C/c2cccc(F)c2)C1. The highest BCUT2D eigenvalue weighted by Crippen LogP contribution is 2.33. The van der Waals surface area contributed by atoms with Crippen molar-refractivity contribution in [3.8, 4) is 11.5 Å². The van der Waals surface area contributed by atoms with Gasteiger partial charge in [-0.15, -0.1) is 0 Å². The monoisotopic (exact) mass is 381 g/mol. The van der Waals surface area contributed by atoms with E-state index in [0.29, 0.717) is 35.7 Å². The summed E-state index contributed by atoms with van der Waals surface area (Å²) >= 11 is 0. The summed E-state index contributed by atoms with van der Waals surface area (Å²) in [7, 11) is 0. The Bertz CT molecular complexity index is 940. The van der Waals surface area contributed by atoms with E-state index in [1.807, 2.05) is 0 Å². The van der Waals surface area contributed by atoms with Crippen molar-refractivity contribution in [1.82, 2.24) is 4.90 Å². The third-order valence-corrected chi connectivity index (χ3v) is 5.03. The first kappa shape index (κ1) is 18.2. The normalized spacial score (nSPS) is 18.5. The van der Waals surface area contributed by atoms with E-state index in [9.17, 15) is 14.0 Å². The standard InChI is InChI=1S/C22H20FNO4/c23-18-5-1-3-15(11-18)6-9-21(25)24-10-2-4-17(13-24)22(26)16-7-8-19-20(12-16)28-14-27-19/h1,3,5-9,11-12,17H,2,4,10,13-14H2/b9-6+/t17-/m1/s1. The fourth-order valence-electron chi connectivity index (χ4n) is 3.56. The summed E-state index contributed by atoms with van der Waals surface area (Å²) < 4.78 is 23.9. The van der Waals surface area contributed by atoms with Crippen LogP contribution in [0.15, 0.2) is 48.5 Å². The van der Waals surface area contributed by atoms with Gasteiger partial charge in [0.05, 0.1) is 0 Å². The number of ketones is 1. The molecule has 6 heteroatoms. The number of rotatable bonds is 4. The van der Waals surface area contributed by atoms with Crippen LogP contribution >= 0.6 is 0 Å². The predicted molar refractivity (Wildman–Crippen MR) is 102 cm³/mol. The number of Topliss-reactive ketones (excluding diaryl/α,β-unsaturated/α-hetero) is 1. The lowest BCUT2D eigenvalue weighted by atomic mass is 9.89. The van der Waals surface area contributed by atoms with Crippen LogP contribution in [0, 0.1) is 11.7 Å². The van der Waals surface area contributed by atoms with Crippen molar-refractivity contribution in [2.45, 2.75) is 12.8 Å². The number of hydrogen-bond acceptors (Lipinski definition) is 4. The largest absolute Gasteiger partial charge is 0.454 e. The summed E-state index contributed by atoms with van der Waals surface area (Å²) in [6.07, 6.45) is 4.53. The molecule has 1 fully saturated rings. The van der Waals surface area contributed by atoms with Gasteiger partial charge in [-0.2, -0.15) is 0 Å². The fourth-order valence-corrected chi connectivity index (χ4v) is 3.56. The Kier molecular flexibility index (Phi) is 5.10. The van der Waals surface area contributed by atoms with Crippen LogP contribution in [0.25, 0.3) is 6.08 Å². The van der Waals surface area contributed by atoms with Gasteiger partial charge in [0.15, 0.2) is 17.3 Å². The van der Waals surface area contributed by atoms with Gasteiger partial charge in [0, 0.05) is 30.6 Å². The van der Waals surface area contributed by atoms with Gasteiger partial charge < -0.3 is 14.4 Å². The summed E-state index contributed by atoms with van der Waals surface area (Å²) in [4.78, 5) is 27.1. The average Bonchev–Trinajstić information content (AvgIpc) is 3.19. The summed E-state index contributed by atoms with van der Waals surface area (Å²) in [6, 6.07) is 11.2. The number of carbonyl (C=O) groups is 2. The first-order chi connectivity index (χ1) is 13.6. The molecule has 1 amide bonds. The molecule has 28 heavy (non-hydrogen) atoms. The van der Waals surface area contributed by atoms with Gasteiger partial charge in [0.2, 0.25) is 12.7 Å². The number of hydrogen-bond donors (Lipinski definition) is 0. The number of nitrogens with zero attached hydrogens (tertiary/aromatic N) is 1. The Morgan fingerprint density at radius 2 is 1.96 bits per heavy atom. The number of amides is 1. The van der Waals surface area contributed by atoms with Gasteiger partial charge >= 0.3 is 0 Å². The second-order valence-corrected chi connectivity index (χ2v) is 6.94. The van der Waals surface area contributed by atoms with Gasteiger partial charge in [-0.05, 0) is 54.8 Å². The molecule has 0 saturated carbocycles. The minimum Gasteiger partial charge on any atom is -0.454 e. The molecule has 144 valence electrons. The molecule has 0 radical (unpaired) electrons. The van der Waals surface area contributed by atoms with Gasteiger partial charge in [0.1, 0.15) is 5.82 Å². The van der Waals surface area contributed by atoms with Crippen molar-refractivity contribution in [1.29, 1.82) is 0 Å². The van der Waals surface area contributed by atoms with Crippen LogP contribution in [-0.2, 0) is 4.79 Å². The van der Waals surface area contributed by atoms with Crippen LogP contribution in [0.2, 0.25) is 0 Å². The first-order valence-electron chi connectivity index (χ1n) is 9.26. The Labute approximate surface area is 162 Å². The molecule has 0 unspecified atom stereocenters. The van der Waals surface area contributed by atoms with E-state index in [-0.39, 0.29) is 30.2 Å². The van der Waals surface area contributed by atoms with Gasteiger partial charge in [-0.3, -0.25) is 9.59 Å². The van der Waals surface area contributed by atoms with Crippen LogP contribution in [0.4, 0.5) is 4.39 Å². The van der Waals surface area contributed by atoms with Gasteiger partial charge in [-0.1, -0.05) is 12.1 Å². The third-order valence-electron chi connectivity index (χ3n) is 5.03. The Morgan fingerprint density at radius 3 is 2.82 bits per heavy atom. The Hall–Kier alpha value is -3.15. The van der Waals surface area contributed by atoms with Gasteiger partial charge in [0.25, 0.3) is 0 Å². The first-order valence-corrected chi connectivity index (χ1v) is 9.26. The lowest BCUT2D eigenvalue weighted by molar-refractivity contribution is -0.127. The van der Waals surface area contributed by atoms with Crippen molar-refractivity contribution >= 4 is 17.8 Å². The molecule has 2 aromatic carbocycles.